The van der Waals surface area contributed by atoms with Crippen molar-refractivity contribution in [2.75, 3.05) is 0 Å². The molecule has 0 saturated heterocycles. The van der Waals surface area contributed by atoms with E-state index in [1.807, 2.05) is 41.1 Å². The van der Waals surface area contributed by atoms with Crippen LogP contribution in [0.1, 0.15) is 11.5 Å². The molecule has 0 spiro atoms. The molecule has 0 amide bonds. The molecule has 3 rings (SSSR count). The van der Waals surface area contributed by atoms with E-state index >= 15 is 0 Å². The molecule has 1 aromatic carbocycles. The highest BCUT2D eigenvalue weighted by Gasteiger charge is 2.09. The molecule has 2 aromatic heterocycles. The van der Waals surface area contributed by atoms with Gasteiger partial charge in [0.15, 0.2) is 6.61 Å². The molecular formula is C14H13N3O2S. The third-order valence-corrected chi connectivity index (χ3v) is 3.45. The molecule has 0 aliphatic carbocycles. The number of thiophene rings is 1. The van der Waals surface area contributed by atoms with Crippen LogP contribution >= 0.6 is 11.3 Å². The molecule has 0 aliphatic heterocycles. The SMILES string of the molecule is NCc1ccc(OCc2nc(-c3ccsc3)no2)cc1. The van der Waals surface area contributed by atoms with Crippen LogP contribution in [-0.2, 0) is 13.2 Å². The van der Waals surface area contributed by atoms with E-state index in [4.69, 9.17) is 15.0 Å². The van der Waals surface area contributed by atoms with Crippen molar-refractivity contribution in [1.82, 2.24) is 10.1 Å². The van der Waals surface area contributed by atoms with Gasteiger partial charge < -0.3 is 15.0 Å². The van der Waals surface area contributed by atoms with Crippen molar-refractivity contribution >= 4 is 11.3 Å². The van der Waals surface area contributed by atoms with Gasteiger partial charge in [0.05, 0.1) is 0 Å². The molecular weight excluding hydrogens is 274 g/mol. The zero-order valence-corrected chi connectivity index (χ0v) is 11.5. The Bertz CT molecular complexity index is 662. The van der Waals surface area contributed by atoms with E-state index in [2.05, 4.69) is 10.1 Å². The Morgan fingerprint density at radius 3 is 2.75 bits per heavy atom. The maximum absolute atomic E-state index is 5.59. The molecule has 3 aromatic rings. The summed E-state index contributed by atoms with van der Waals surface area (Å²) < 4.78 is 10.7. The normalized spacial score (nSPS) is 10.7. The van der Waals surface area contributed by atoms with Gasteiger partial charge in [-0.1, -0.05) is 17.3 Å². The average Bonchev–Trinajstić information content (AvgIpc) is 3.16. The van der Waals surface area contributed by atoms with Crippen molar-refractivity contribution in [3.05, 3.63) is 52.5 Å². The number of nitrogens with two attached hydrogens (primary N) is 1. The van der Waals surface area contributed by atoms with E-state index < -0.39 is 0 Å². The molecule has 0 saturated carbocycles. The highest BCUT2D eigenvalue weighted by molar-refractivity contribution is 7.08. The molecule has 6 heteroatoms. The number of benzene rings is 1. The van der Waals surface area contributed by atoms with E-state index in [-0.39, 0.29) is 6.61 Å². The fraction of sp³-hybridized carbons (Fsp3) is 0.143. The summed E-state index contributed by atoms with van der Waals surface area (Å²) in [5.41, 5.74) is 7.56. The predicted octanol–water partition coefficient (Wildman–Crippen LogP) is 2.84. The molecule has 0 bridgehead atoms. The van der Waals surface area contributed by atoms with Crippen LogP contribution in [0.4, 0.5) is 0 Å². The fourth-order valence-electron chi connectivity index (χ4n) is 1.69. The quantitative estimate of drug-likeness (QED) is 0.781. The summed E-state index contributed by atoms with van der Waals surface area (Å²) in [5.74, 6) is 1.79. The summed E-state index contributed by atoms with van der Waals surface area (Å²) in [6.45, 7) is 0.771. The highest BCUT2D eigenvalue weighted by Crippen LogP contribution is 2.19. The van der Waals surface area contributed by atoms with Crippen LogP contribution < -0.4 is 10.5 Å². The molecule has 0 atom stereocenters. The Morgan fingerprint density at radius 2 is 2.05 bits per heavy atom. The molecule has 0 unspecified atom stereocenters. The molecule has 2 N–H and O–H groups in total. The van der Waals surface area contributed by atoms with Crippen LogP contribution in [0, 0.1) is 0 Å². The summed E-state index contributed by atoms with van der Waals surface area (Å²) in [6.07, 6.45) is 0. The number of hydrogen-bond acceptors (Lipinski definition) is 6. The maximum atomic E-state index is 5.59. The molecule has 0 aliphatic rings. The second-order valence-corrected chi connectivity index (χ2v) is 4.94. The van der Waals surface area contributed by atoms with Crippen molar-refractivity contribution in [2.24, 2.45) is 5.73 Å². The van der Waals surface area contributed by atoms with Gasteiger partial charge in [-0.15, -0.1) is 0 Å². The van der Waals surface area contributed by atoms with Gasteiger partial charge in [-0.25, -0.2) is 0 Å². The second-order valence-electron chi connectivity index (χ2n) is 4.16. The first-order valence-electron chi connectivity index (χ1n) is 6.12. The lowest BCUT2D eigenvalue weighted by molar-refractivity contribution is 0.243. The van der Waals surface area contributed by atoms with Crippen LogP contribution in [-0.4, -0.2) is 10.1 Å². The van der Waals surface area contributed by atoms with Crippen LogP contribution in [0.25, 0.3) is 11.4 Å². The van der Waals surface area contributed by atoms with Crippen LogP contribution in [0.15, 0.2) is 45.6 Å². The van der Waals surface area contributed by atoms with Gasteiger partial charge in [0.2, 0.25) is 5.82 Å². The van der Waals surface area contributed by atoms with Crippen molar-refractivity contribution in [3.63, 3.8) is 0 Å². The Balaban J connectivity index is 1.63. The van der Waals surface area contributed by atoms with Gasteiger partial charge in [0, 0.05) is 17.5 Å². The smallest absolute Gasteiger partial charge is 0.264 e. The number of ether oxygens (including phenoxy) is 1. The first kappa shape index (κ1) is 12.8. The topological polar surface area (TPSA) is 74.2 Å². The number of nitrogens with zero attached hydrogens (tertiary/aromatic N) is 2. The van der Waals surface area contributed by atoms with Crippen LogP contribution in [0.5, 0.6) is 5.75 Å². The van der Waals surface area contributed by atoms with Crippen LogP contribution in [0.2, 0.25) is 0 Å². The van der Waals surface area contributed by atoms with E-state index in [1.165, 1.54) is 0 Å². The van der Waals surface area contributed by atoms with Crippen molar-refractivity contribution in [1.29, 1.82) is 0 Å². The number of aromatic nitrogens is 2. The highest BCUT2D eigenvalue weighted by atomic mass is 32.1. The van der Waals surface area contributed by atoms with Crippen molar-refractivity contribution in [2.45, 2.75) is 13.2 Å². The second kappa shape index (κ2) is 5.85. The first-order valence-corrected chi connectivity index (χ1v) is 7.06. The molecule has 102 valence electrons. The molecule has 5 nitrogen and oxygen atoms in total. The monoisotopic (exact) mass is 287 g/mol. The fourth-order valence-corrected chi connectivity index (χ4v) is 2.32. The average molecular weight is 287 g/mol. The minimum Gasteiger partial charge on any atom is -0.484 e. The lowest BCUT2D eigenvalue weighted by Crippen LogP contribution is -1.98. The largest absolute Gasteiger partial charge is 0.484 e. The summed E-state index contributed by atoms with van der Waals surface area (Å²) in [7, 11) is 0. The van der Waals surface area contributed by atoms with Gasteiger partial charge in [-0.05, 0) is 29.1 Å². The Hall–Kier alpha value is -2.18. The van der Waals surface area contributed by atoms with E-state index in [0.717, 1.165) is 16.9 Å². The lowest BCUT2D eigenvalue weighted by atomic mass is 10.2. The first-order chi connectivity index (χ1) is 9.85. The summed E-state index contributed by atoms with van der Waals surface area (Å²) >= 11 is 1.59. The zero-order valence-electron chi connectivity index (χ0n) is 10.7. The number of hydrogen-bond donors (Lipinski definition) is 1. The zero-order chi connectivity index (χ0) is 13.8. The third kappa shape index (κ3) is 2.87. The molecule has 0 radical (unpaired) electrons. The van der Waals surface area contributed by atoms with E-state index in [9.17, 15) is 0 Å². The lowest BCUT2D eigenvalue weighted by Gasteiger charge is -2.03. The molecule has 0 fully saturated rings. The Kier molecular flexibility index (Phi) is 3.76. The van der Waals surface area contributed by atoms with Gasteiger partial charge in [0.1, 0.15) is 5.75 Å². The van der Waals surface area contributed by atoms with Crippen molar-refractivity contribution in [3.8, 4) is 17.1 Å². The maximum Gasteiger partial charge on any atom is 0.264 e. The van der Waals surface area contributed by atoms with E-state index in [0.29, 0.717) is 18.3 Å². The van der Waals surface area contributed by atoms with Crippen molar-refractivity contribution < 1.29 is 9.26 Å². The summed E-state index contributed by atoms with van der Waals surface area (Å²) in [6, 6.07) is 9.56. The minimum absolute atomic E-state index is 0.249. The third-order valence-electron chi connectivity index (χ3n) is 2.77. The van der Waals surface area contributed by atoms with E-state index in [1.54, 1.807) is 11.3 Å². The van der Waals surface area contributed by atoms with Gasteiger partial charge in [-0.3, -0.25) is 0 Å². The Morgan fingerprint density at radius 1 is 1.20 bits per heavy atom. The number of rotatable bonds is 5. The molecule has 2 heterocycles. The minimum atomic E-state index is 0.249. The van der Waals surface area contributed by atoms with Gasteiger partial charge in [0.25, 0.3) is 5.89 Å². The summed E-state index contributed by atoms with van der Waals surface area (Å²) in [5, 5.41) is 7.87. The van der Waals surface area contributed by atoms with Crippen LogP contribution in [0.3, 0.4) is 0 Å². The molecule has 20 heavy (non-hydrogen) atoms. The Labute approximate surface area is 120 Å². The predicted molar refractivity (Wildman–Crippen MR) is 76.3 cm³/mol. The summed E-state index contributed by atoms with van der Waals surface area (Å²) in [4.78, 5) is 4.29. The van der Waals surface area contributed by atoms with Gasteiger partial charge >= 0.3 is 0 Å². The standard InChI is InChI=1S/C14H13N3O2S/c15-7-10-1-3-12(4-2-10)18-8-13-16-14(17-19-13)11-5-6-20-9-11/h1-6,9H,7-8,15H2. The van der Waals surface area contributed by atoms with Gasteiger partial charge in [-0.2, -0.15) is 16.3 Å².